The van der Waals surface area contributed by atoms with Gasteiger partial charge in [0.15, 0.2) is 5.17 Å². The van der Waals surface area contributed by atoms with Gasteiger partial charge in [-0.2, -0.15) is 0 Å². The Hall–Kier alpha value is -0.180. The molecule has 0 aromatic rings. The lowest BCUT2D eigenvalue weighted by Crippen LogP contribution is -2.32. The SMILES string of the molecule is CCC1CN=C(NC2CCCC(C)CC2)S1. The van der Waals surface area contributed by atoms with Crippen molar-refractivity contribution in [3.63, 3.8) is 0 Å². The Morgan fingerprint density at radius 1 is 1.31 bits per heavy atom. The molecule has 2 rings (SSSR count). The van der Waals surface area contributed by atoms with Crippen molar-refractivity contribution in [1.82, 2.24) is 5.32 Å². The molecule has 0 spiro atoms. The summed E-state index contributed by atoms with van der Waals surface area (Å²) >= 11 is 1.95. The first-order valence-corrected chi connectivity index (χ1v) is 7.63. The van der Waals surface area contributed by atoms with Crippen LogP contribution in [0, 0.1) is 5.92 Å². The number of amidine groups is 1. The van der Waals surface area contributed by atoms with Gasteiger partial charge in [0.1, 0.15) is 0 Å². The van der Waals surface area contributed by atoms with Gasteiger partial charge < -0.3 is 5.32 Å². The van der Waals surface area contributed by atoms with Gasteiger partial charge in [-0.25, -0.2) is 0 Å². The molecule has 1 aliphatic heterocycles. The summed E-state index contributed by atoms with van der Waals surface area (Å²) in [5.74, 6) is 0.924. The minimum absolute atomic E-state index is 0.687. The Morgan fingerprint density at radius 3 is 2.94 bits per heavy atom. The summed E-state index contributed by atoms with van der Waals surface area (Å²) in [6, 6.07) is 0.687. The summed E-state index contributed by atoms with van der Waals surface area (Å²) in [7, 11) is 0. The number of hydrogen-bond donors (Lipinski definition) is 1. The van der Waals surface area contributed by atoms with Gasteiger partial charge in [0.2, 0.25) is 0 Å². The van der Waals surface area contributed by atoms with Crippen molar-refractivity contribution >= 4 is 16.9 Å². The zero-order valence-corrected chi connectivity index (χ0v) is 11.4. The van der Waals surface area contributed by atoms with E-state index in [-0.39, 0.29) is 0 Å². The zero-order chi connectivity index (χ0) is 11.4. The van der Waals surface area contributed by atoms with Crippen LogP contribution >= 0.6 is 11.8 Å². The number of nitrogens with one attached hydrogen (secondary N) is 1. The largest absolute Gasteiger partial charge is 0.362 e. The molecular weight excluding hydrogens is 216 g/mol. The van der Waals surface area contributed by atoms with Crippen LogP contribution in [0.25, 0.3) is 0 Å². The number of thioether (sulfide) groups is 1. The molecule has 0 saturated heterocycles. The predicted molar refractivity (Wildman–Crippen MR) is 73.1 cm³/mol. The zero-order valence-electron chi connectivity index (χ0n) is 10.5. The quantitative estimate of drug-likeness (QED) is 0.748. The molecule has 0 radical (unpaired) electrons. The Bertz CT molecular complexity index is 252. The predicted octanol–water partition coefficient (Wildman–Crippen LogP) is 3.43. The minimum atomic E-state index is 0.687. The molecule has 1 saturated carbocycles. The van der Waals surface area contributed by atoms with Gasteiger partial charge in [-0.3, -0.25) is 4.99 Å². The van der Waals surface area contributed by atoms with Crippen LogP contribution in [0.5, 0.6) is 0 Å². The van der Waals surface area contributed by atoms with Crippen molar-refractivity contribution in [3.05, 3.63) is 0 Å². The monoisotopic (exact) mass is 240 g/mol. The molecule has 1 heterocycles. The van der Waals surface area contributed by atoms with E-state index in [0.717, 1.165) is 17.7 Å². The molecule has 1 N–H and O–H groups in total. The van der Waals surface area contributed by atoms with Crippen LogP contribution in [0.1, 0.15) is 52.4 Å². The van der Waals surface area contributed by atoms with Crippen LogP contribution in [0.2, 0.25) is 0 Å². The van der Waals surface area contributed by atoms with Crippen molar-refractivity contribution in [2.45, 2.75) is 63.7 Å². The van der Waals surface area contributed by atoms with Crippen LogP contribution in [0.3, 0.4) is 0 Å². The normalized spacial score (nSPS) is 35.6. The summed E-state index contributed by atoms with van der Waals surface area (Å²) in [6.45, 7) is 5.66. The second-order valence-corrected chi connectivity index (χ2v) is 6.54. The average Bonchev–Trinajstić information content (AvgIpc) is 2.63. The highest BCUT2D eigenvalue weighted by molar-refractivity contribution is 8.14. The third-order valence-electron chi connectivity index (χ3n) is 3.76. The summed E-state index contributed by atoms with van der Waals surface area (Å²) in [5.41, 5.74) is 0. The Labute approximate surface area is 104 Å². The lowest BCUT2D eigenvalue weighted by atomic mass is 10.0. The van der Waals surface area contributed by atoms with Crippen molar-refractivity contribution in [2.24, 2.45) is 10.9 Å². The fourth-order valence-corrected chi connectivity index (χ4v) is 3.53. The first-order chi connectivity index (χ1) is 7.78. The molecule has 2 nitrogen and oxygen atoms in total. The lowest BCUT2D eigenvalue weighted by Gasteiger charge is -2.17. The Balaban J connectivity index is 1.77. The smallest absolute Gasteiger partial charge is 0.157 e. The van der Waals surface area contributed by atoms with Gasteiger partial charge in [-0.15, -0.1) is 0 Å². The maximum absolute atomic E-state index is 4.60. The molecule has 16 heavy (non-hydrogen) atoms. The van der Waals surface area contributed by atoms with Crippen molar-refractivity contribution in [3.8, 4) is 0 Å². The van der Waals surface area contributed by atoms with Crippen LogP contribution in [0.15, 0.2) is 4.99 Å². The highest BCUT2D eigenvalue weighted by Gasteiger charge is 2.22. The maximum Gasteiger partial charge on any atom is 0.157 e. The summed E-state index contributed by atoms with van der Waals surface area (Å²) < 4.78 is 0. The van der Waals surface area contributed by atoms with Gasteiger partial charge in [-0.05, 0) is 31.6 Å². The topological polar surface area (TPSA) is 24.4 Å². The first-order valence-electron chi connectivity index (χ1n) is 6.75. The van der Waals surface area contributed by atoms with E-state index in [1.165, 1.54) is 43.7 Å². The van der Waals surface area contributed by atoms with E-state index in [1.54, 1.807) is 0 Å². The Morgan fingerprint density at radius 2 is 2.19 bits per heavy atom. The summed E-state index contributed by atoms with van der Waals surface area (Å²) in [5, 5.41) is 5.60. The second-order valence-electron chi connectivity index (χ2n) is 5.25. The lowest BCUT2D eigenvalue weighted by molar-refractivity contribution is 0.490. The molecular formula is C13H24N2S. The average molecular weight is 240 g/mol. The molecule has 1 fully saturated rings. The molecule has 3 unspecified atom stereocenters. The molecule has 0 amide bonds. The van der Waals surface area contributed by atoms with Crippen LogP contribution < -0.4 is 5.32 Å². The molecule has 92 valence electrons. The van der Waals surface area contributed by atoms with E-state index in [4.69, 9.17) is 0 Å². The van der Waals surface area contributed by atoms with Gasteiger partial charge >= 0.3 is 0 Å². The van der Waals surface area contributed by atoms with Gasteiger partial charge in [0.25, 0.3) is 0 Å². The summed E-state index contributed by atoms with van der Waals surface area (Å²) in [6.07, 6.45) is 8.08. The van der Waals surface area contributed by atoms with Gasteiger partial charge in [0.05, 0.1) is 6.54 Å². The minimum Gasteiger partial charge on any atom is -0.362 e. The molecule has 0 aromatic carbocycles. The van der Waals surface area contributed by atoms with Gasteiger partial charge in [-0.1, -0.05) is 38.5 Å². The number of rotatable bonds is 2. The highest BCUT2D eigenvalue weighted by Crippen LogP contribution is 2.26. The van der Waals surface area contributed by atoms with Crippen LogP contribution in [0.4, 0.5) is 0 Å². The van der Waals surface area contributed by atoms with Crippen molar-refractivity contribution in [1.29, 1.82) is 0 Å². The Kier molecular flexibility index (Phi) is 4.56. The molecule has 3 atom stereocenters. The van der Waals surface area contributed by atoms with E-state index in [0.29, 0.717) is 6.04 Å². The third-order valence-corrected chi connectivity index (χ3v) is 5.04. The van der Waals surface area contributed by atoms with E-state index in [9.17, 15) is 0 Å². The maximum atomic E-state index is 4.60. The molecule has 1 aliphatic carbocycles. The number of aliphatic imine (C=N–C) groups is 1. The standard InChI is InChI=1S/C13H24N2S/c1-3-12-9-14-13(16-12)15-11-6-4-5-10(2)7-8-11/h10-12H,3-9H2,1-2H3,(H,14,15). The van der Waals surface area contributed by atoms with E-state index in [1.807, 2.05) is 11.8 Å². The molecule has 0 aromatic heterocycles. The number of nitrogens with zero attached hydrogens (tertiary/aromatic N) is 1. The van der Waals surface area contributed by atoms with Gasteiger partial charge in [0, 0.05) is 11.3 Å². The van der Waals surface area contributed by atoms with E-state index >= 15 is 0 Å². The van der Waals surface area contributed by atoms with Crippen LogP contribution in [-0.2, 0) is 0 Å². The van der Waals surface area contributed by atoms with E-state index in [2.05, 4.69) is 24.2 Å². The van der Waals surface area contributed by atoms with Crippen molar-refractivity contribution < 1.29 is 0 Å². The third kappa shape index (κ3) is 3.41. The van der Waals surface area contributed by atoms with Crippen LogP contribution in [-0.4, -0.2) is 23.0 Å². The molecule has 2 aliphatic rings. The summed E-state index contributed by atoms with van der Waals surface area (Å²) in [4.78, 5) is 4.60. The fraction of sp³-hybridized carbons (Fsp3) is 0.923. The number of hydrogen-bond acceptors (Lipinski definition) is 3. The first kappa shape index (κ1) is 12.3. The molecule has 0 bridgehead atoms. The highest BCUT2D eigenvalue weighted by atomic mass is 32.2. The second kappa shape index (κ2) is 5.95. The fourth-order valence-electron chi connectivity index (χ4n) is 2.52. The van der Waals surface area contributed by atoms with Crippen molar-refractivity contribution in [2.75, 3.05) is 6.54 Å². The molecule has 3 heteroatoms. The van der Waals surface area contributed by atoms with E-state index < -0.39 is 0 Å².